The van der Waals surface area contributed by atoms with Crippen LogP contribution in [0, 0.1) is 11.6 Å². The molecule has 0 saturated carbocycles. The molecule has 0 bridgehead atoms. The van der Waals surface area contributed by atoms with Crippen LogP contribution in [0.2, 0.25) is 0 Å². The first-order valence-corrected chi connectivity index (χ1v) is 6.16. The highest BCUT2D eigenvalue weighted by molar-refractivity contribution is 6.12. The molecule has 0 amide bonds. The molecule has 3 nitrogen and oxygen atoms in total. The minimum Gasteiger partial charge on any atom is -0.402 e. The van der Waals surface area contributed by atoms with E-state index in [-0.39, 0.29) is 17.2 Å². The van der Waals surface area contributed by atoms with Crippen LogP contribution in [-0.2, 0) is 9.53 Å². The maximum atomic E-state index is 13.5. The van der Waals surface area contributed by atoms with Crippen LogP contribution in [0.25, 0.3) is 6.08 Å². The van der Waals surface area contributed by atoms with Crippen LogP contribution in [0.1, 0.15) is 11.1 Å². The highest BCUT2D eigenvalue weighted by atomic mass is 19.1. The molecule has 1 aliphatic heterocycles. The molecule has 1 heterocycles. The van der Waals surface area contributed by atoms with E-state index >= 15 is 0 Å². The summed E-state index contributed by atoms with van der Waals surface area (Å²) in [5.74, 6) is -1.45. The van der Waals surface area contributed by atoms with Crippen molar-refractivity contribution in [2.45, 2.75) is 0 Å². The Balaban J connectivity index is 1.96. The van der Waals surface area contributed by atoms with Crippen LogP contribution in [0.5, 0.6) is 0 Å². The second kappa shape index (κ2) is 5.28. The molecule has 3 rings (SSSR count). The zero-order valence-electron chi connectivity index (χ0n) is 10.7. The Morgan fingerprint density at radius 3 is 2.43 bits per heavy atom. The van der Waals surface area contributed by atoms with Gasteiger partial charge in [-0.1, -0.05) is 18.2 Å². The predicted molar refractivity (Wildman–Crippen MR) is 73.4 cm³/mol. The normalized spacial score (nSPS) is 16.0. The Morgan fingerprint density at radius 2 is 1.71 bits per heavy atom. The summed E-state index contributed by atoms with van der Waals surface area (Å²) < 4.78 is 31.4. The lowest BCUT2D eigenvalue weighted by Crippen LogP contribution is -2.05. The maximum absolute atomic E-state index is 13.5. The Morgan fingerprint density at radius 1 is 1.00 bits per heavy atom. The lowest BCUT2D eigenvalue weighted by molar-refractivity contribution is -0.129. The summed E-state index contributed by atoms with van der Waals surface area (Å²) in [7, 11) is 0. The molecular formula is C16H9F2NO2. The van der Waals surface area contributed by atoms with E-state index in [2.05, 4.69) is 4.99 Å². The molecule has 104 valence electrons. The molecule has 2 aromatic carbocycles. The fourth-order valence-electron chi connectivity index (χ4n) is 1.86. The molecule has 0 radical (unpaired) electrons. The van der Waals surface area contributed by atoms with Gasteiger partial charge in [0.05, 0.1) is 0 Å². The Bertz CT molecular complexity index is 764. The number of rotatable bonds is 2. The number of carbonyl (C=O) groups is 1. The first-order chi connectivity index (χ1) is 10.1. The van der Waals surface area contributed by atoms with Gasteiger partial charge in [-0.2, -0.15) is 0 Å². The van der Waals surface area contributed by atoms with Gasteiger partial charge in [0.15, 0.2) is 5.70 Å². The van der Waals surface area contributed by atoms with Crippen molar-refractivity contribution in [3.63, 3.8) is 0 Å². The number of carbonyl (C=O) groups excluding carboxylic acids is 1. The molecule has 0 atom stereocenters. The van der Waals surface area contributed by atoms with Crippen molar-refractivity contribution in [3.05, 3.63) is 77.0 Å². The molecular weight excluding hydrogens is 276 g/mol. The molecule has 2 aromatic rings. The molecule has 0 saturated heterocycles. The number of benzene rings is 2. The van der Waals surface area contributed by atoms with Crippen LogP contribution < -0.4 is 0 Å². The number of esters is 1. The van der Waals surface area contributed by atoms with E-state index in [1.165, 1.54) is 42.5 Å². The van der Waals surface area contributed by atoms with Crippen LogP contribution in [0.15, 0.2) is 59.2 Å². The third-order valence-electron chi connectivity index (χ3n) is 2.91. The summed E-state index contributed by atoms with van der Waals surface area (Å²) >= 11 is 0. The fourth-order valence-corrected chi connectivity index (χ4v) is 1.86. The molecule has 21 heavy (non-hydrogen) atoms. The van der Waals surface area contributed by atoms with Crippen molar-refractivity contribution < 1.29 is 18.3 Å². The molecule has 0 aliphatic carbocycles. The van der Waals surface area contributed by atoms with Gasteiger partial charge in [-0.25, -0.2) is 18.6 Å². The first-order valence-electron chi connectivity index (χ1n) is 6.16. The smallest absolute Gasteiger partial charge is 0.363 e. The van der Waals surface area contributed by atoms with E-state index in [9.17, 15) is 13.6 Å². The summed E-state index contributed by atoms with van der Waals surface area (Å²) in [6.07, 6.45) is 1.31. The molecule has 5 heteroatoms. The quantitative estimate of drug-likeness (QED) is 0.627. The number of nitrogens with zero attached hydrogens (tertiary/aromatic N) is 1. The Kier molecular flexibility index (Phi) is 3.31. The van der Waals surface area contributed by atoms with E-state index in [4.69, 9.17) is 4.74 Å². The van der Waals surface area contributed by atoms with Crippen LogP contribution in [-0.4, -0.2) is 11.9 Å². The van der Waals surface area contributed by atoms with Crippen molar-refractivity contribution in [1.29, 1.82) is 0 Å². The van der Waals surface area contributed by atoms with Gasteiger partial charge in [0, 0.05) is 11.1 Å². The predicted octanol–water partition coefficient (Wildman–Crippen LogP) is 3.31. The van der Waals surface area contributed by atoms with Crippen LogP contribution >= 0.6 is 0 Å². The Hall–Kier alpha value is -2.82. The van der Waals surface area contributed by atoms with E-state index in [0.29, 0.717) is 5.56 Å². The summed E-state index contributed by atoms with van der Waals surface area (Å²) in [4.78, 5) is 15.8. The average molecular weight is 285 g/mol. The van der Waals surface area contributed by atoms with Gasteiger partial charge in [0.25, 0.3) is 0 Å². The molecule has 1 aliphatic rings. The number of cyclic esters (lactones) is 1. The summed E-state index contributed by atoms with van der Waals surface area (Å²) in [5.41, 5.74) is 0.717. The van der Waals surface area contributed by atoms with E-state index < -0.39 is 17.6 Å². The van der Waals surface area contributed by atoms with E-state index in [0.717, 1.165) is 0 Å². The molecule has 0 N–H and O–H groups in total. The average Bonchev–Trinajstić information content (AvgIpc) is 2.83. The van der Waals surface area contributed by atoms with Crippen molar-refractivity contribution in [1.82, 2.24) is 0 Å². The topological polar surface area (TPSA) is 38.7 Å². The van der Waals surface area contributed by atoms with Gasteiger partial charge in [0.1, 0.15) is 11.6 Å². The minimum atomic E-state index is -0.669. The second-order valence-corrected chi connectivity index (χ2v) is 4.36. The van der Waals surface area contributed by atoms with Gasteiger partial charge < -0.3 is 4.74 Å². The highest BCUT2D eigenvalue weighted by Crippen LogP contribution is 2.20. The van der Waals surface area contributed by atoms with Gasteiger partial charge in [0.2, 0.25) is 5.90 Å². The van der Waals surface area contributed by atoms with Crippen LogP contribution in [0.3, 0.4) is 0 Å². The molecule has 0 fully saturated rings. The summed E-state index contributed by atoms with van der Waals surface area (Å²) in [5, 5.41) is 0. The number of halogens is 2. The largest absolute Gasteiger partial charge is 0.402 e. The third kappa shape index (κ3) is 2.72. The monoisotopic (exact) mass is 285 g/mol. The van der Waals surface area contributed by atoms with Crippen molar-refractivity contribution in [2.75, 3.05) is 0 Å². The fraction of sp³-hybridized carbons (Fsp3) is 0. The van der Waals surface area contributed by atoms with Crippen molar-refractivity contribution >= 4 is 17.9 Å². The summed E-state index contributed by atoms with van der Waals surface area (Å²) in [6, 6.07) is 11.4. The summed E-state index contributed by atoms with van der Waals surface area (Å²) in [6.45, 7) is 0. The minimum absolute atomic E-state index is 0.000532. The third-order valence-corrected chi connectivity index (χ3v) is 2.91. The number of ether oxygens (including phenoxy) is 1. The molecule has 0 unspecified atom stereocenters. The Labute approximate surface area is 119 Å². The van der Waals surface area contributed by atoms with Gasteiger partial charge in [-0.15, -0.1) is 0 Å². The SMILES string of the molecule is O=C1OC(c2ccc(F)cc2)=NC1=Cc1ccccc1F. The number of hydrogen-bond acceptors (Lipinski definition) is 3. The second-order valence-electron chi connectivity index (χ2n) is 4.36. The maximum Gasteiger partial charge on any atom is 0.363 e. The number of aliphatic imine (C=N–C) groups is 1. The van der Waals surface area contributed by atoms with Crippen molar-refractivity contribution in [2.24, 2.45) is 4.99 Å². The lowest BCUT2D eigenvalue weighted by Gasteiger charge is -1.98. The van der Waals surface area contributed by atoms with E-state index in [1.54, 1.807) is 12.1 Å². The lowest BCUT2D eigenvalue weighted by atomic mass is 10.2. The number of hydrogen-bond donors (Lipinski definition) is 0. The van der Waals surface area contributed by atoms with Crippen LogP contribution in [0.4, 0.5) is 8.78 Å². The molecule has 0 aromatic heterocycles. The van der Waals surface area contributed by atoms with Gasteiger partial charge in [-0.05, 0) is 36.4 Å². The van der Waals surface area contributed by atoms with Gasteiger partial charge in [-0.3, -0.25) is 0 Å². The zero-order valence-corrected chi connectivity index (χ0v) is 10.7. The van der Waals surface area contributed by atoms with Gasteiger partial charge >= 0.3 is 5.97 Å². The standard InChI is InChI=1S/C16H9F2NO2/c17-12-7-5-10(6-8-12)15-19-14(16(20)21-15)9-11-3-1-2-4-13(11)18/h1-9H. The van der Waals surface area contributed by atoms with E-state index in [1.807, 2.05) is 0 Å². The zero-order chi connectivity index (χ0) is 14.8. The highest BCUT2D eigenvalue weighted by Gasteiger charge is 2.24. The molecule has 0 spiro atoms. The first kappa shape index (κ1) is 13.2. The van der Waals surface area contributed by atoms with Crippen molar-refractivity contribution in [3.8, 4) is 0 Å².